The van der Waals surface area contributed by atoms with Gasteiger partial charge in [0.15, 0.2) is 6.10 Å². The summed E-state index contributed by atoms with van der Waals surface area (Å²) in [5, 5.41) is 9.88. The third-order valence-corrected chi connectivity index (χ3v) is 14.8. The van der Waals surface area contributed by atoms with Crippen molar-refractivity contribution in [2.75, 3.05) is 26.4 Å². The molecule has 0 fully saturated rings. The molecular weight excluding hydrogens is 1070 g/mol. The summed E-state index contributed by atoms with van der Waals surface area (Å²) < 4.78 is 39.7. The number of hydrogen-bond acceptors (Lipinski definition) is 10. The lowest BCUT2D eigenvalue weighted by atomic mass is 10.1. The van der Waals surface area contributed by atoms with Gasteiger partial charge >= 0.3 is 25.7 Å². The van der Waals surface area contributed by atoms with Crippen LogP contribution in [0.2, 0.25) is 0 Å². The monoisotopic (exact) mass is 1190 g/mol. The maximum atomic E-state index is 13.0. The molecule has 0 saturated carbocycles. The molecule has 0 aliphatic carbocycles. The minimum atomic E-state index is -4.77. The number of carbonyl (C=O) groups excluding carboxylic acids is 3. The number of rotatable bonds is 61. The van der Waals surface area contributed by atoms with Crippen molar-refractivity contribution in [2.24, 2.45) is 0 Å². The summed E-state index contributed by atoms with van der Waals surface area (Å²) >= 11 is 0. The highest BCUT2D eigenvalue weighted by Gasteiger charge is 2.28. The summed E-state index contributed by atoms with van der Waals surface area (Å²) in [5.41, 5.74) is 0. The number of unbranched alkanes of at least 4 members (excludes halogenated alkanes) is 24. The van der Waals surface area contributed by atoms with Gasteiger partial charge in [-0.05, 0) is 128 Å². The number of carbonyl (C=O) groups is 3. The van der Waals surface area contributed by atoms with E-state index in [9.17, 15) is 28.9 Å². The predicted octanol–water partition coefficient (Wildman–Crippen LogP) is 20.7. The molecule has 0 bridgehead atoms. The molecule has 0 amide bonds. The van der Waals surface area contributed by atoms with Crippen LogP contribution in [0.1, 0.15) is 278 Å². The van der Waals surface area contributed by atoms with E-state index in [0.29, 0.717) is 19.3 Å². The first-order valence-electron chi connectivity index (χ1n) is 33.4. The summed E-state index contributed by atoms with van der Waals surface area (Å²) in [7, 11) is -4.77. The molecule has 12 heteroatoms. The first-order valence-corrected chi connectivity index (χ1v) is 34.9. The number of aliphatic hydroxyl groups is 1. The Morgan fingerprint density at radius 1 is 0.345 bits per heavy atom. The molecule has 0 aromatic carbocycles. The summed E-state index contributed by atoms with van der Waals surface area (Å²) in [6, 6.07) is 0. The lowest BCUT2D eigenvalue weighted by Crippen LogP contribution is -2.30. The fourth-order valence-electron chi connectivity index (χ4n) is 8.84. The van der Waals surface area contributed by atoms with Gasteiger partial charge in [-0.15, -0.1) is 0 Å². The largest absolute Gasteiger partial charge is 0.472 e. The van der Waals surface area contributed by atoms with Crippen LogP contribution >= 0.6 is 7.82 Å². The summed E-state index contributed by atoms with van der Waals surface area (Å²) in [6.45, 7) is 4.38. The Hall–Kier alpha value is -4.12. The molecule has 480 valence electrons. The van der Waals surface area contributed by atoms with Gasteiger partial charge in [0.25, 0.3) is 0 Å². The van der Waals surface area contributed by atoms with E-state index in [2.05, 4.69) is 142 Å². The van der Waals surface area contributed by atoms with Crippen LogP contribution in [0.25, 0.3) is 0 Å². The first kappa shape index (κ1) is 79.9. The summed E-state index contributed by atoms with van der Waals surface area (Å²) in [5.74, 6) is -1.50. The van der Waals surface area contributed by atoms with E-state index < -0.39 is 57.8 Å². The van der Waals surface area contributed by atoms with Crippen LogP contribution in [-0.4, -0.2) is 66.5 Å². The van der Waals surface area contributed by atoms with Gasteiger partial charge in [-0.1, -0.05) is 251 Å². The third kappa shape index (κ3) is 62.4. The number of ether oxygens (including phenoxy) is 3. The fraction of sp³-hybridized carbons (Fsp3) is 0.681. The molecule has 0 radical (unpaired) electrons. The van der Waals surface area contributed by atoms with Gasteiger partial charge in [0.05, 0.1) is 19.8 Å². The van der Waals surface area contributed by atoms with Crippen molar-refractivity contribution in [3.05, 3.63) is 122 Å². The molecule has 0 aromatic rings. The zero-order valence-corrected chi connectivity index (χ0v) is 54.2. The van der Waals surface area contributed by atoms with Crippen LogP contribution in [0.5, 0.6) is 0 Å². The third-order valence-electron chi connectivity index (χ3n) is 13.8. The van der Waals surface area contributed by atoms with Gasteiger partial charge in [0.1, 0.15) is 12.7 Å². The minimum absolute atomic E-state index is 0.142. The molecule has 0 spiro atoms. The van der Waals surface area contributed by atoms with Crippen molar-refractivity contribution in [3.8, 4) is 0 Å². The molecule has 0 heterocycles. The van der Waals surface area contributed by atoms with E-state index in [4.69, 9.17) is 23.3 Å². The molecule has 0 saturated heterocycles. The second-order valence-electron chi connectivity index (χ2n) is 21.9. The molecule has 2 N–H and O–H groups in total. The molecule has 3 unspecified atom stereocenters. The number of esters is 3. The van der Waals surface area contributed by atoms with E-state index in [1.807, 2.05) is 0 Å². The molecule has 0 aliphatic rings. The van der Waals surface area contributed by atoms with E-state index in [1.165, 1.54) is 57.8 Å². The van der Waals surface area contributed by atoms with Crippen molar-refractivity contribution in [1.29, 1.82) is 0 Å². The highest BCUT2D eigenvalue weighted by atomic mass is 31.2. The Balaban J connectivity index is 4.74. The maximum Gasteiger partial charge on any atom is 0.472 e. The highest BCUT2D eigenvalue weighted by molar-refractivity contribution is 7.47. The molecular formula is C72H121O11P. The molecule has 0 aromatic heterocycles. The number of hydrogen-bond donors (Lipinski definition) is 2. The van der Waals surface area contributed by atoms with Crippen LogP contribution in [0.3, 0.4) is 0 Å². The zero-order valence-electron chi connectivity index (χ0n) is 53.3. The Kier molecular flexibility index (Phi) is 61.7. The lowest BCUT2D eigenvalue weighted by Gasteiger charge is -2.21. The maximum absolute atomic E-state index is 13.0. The Bertz CT molecular complexity index is 1870. The van der Waals surface area contributed by atoms with Crippen LogP contribution < -0.4 is 0 Å². The van der Waals surface area contributed by atoms with Gasteiger partial charge in [-0.25, -0.2) is 4.57 Å². The Labute approximate surface area is 513 Å². The van der Waals surface area contributed by atoms with E-state index in [0.717, 1.165) is 161 Å². The predicted molar refractivity (Wildman–Crippen MR) is 353 cm³/mol. The Morgan fingerprint density at radius 3 is 0.952 bits per heavy atom. The normalized spacial score (nSPS) is 14.0. The van der Waals surface area contributed by atoms with Crippen LogP contribution in [0.4, 0.5) is 0 Å². The fourth-order valence-corrected chi connectivity index (χ4v) is 9.62. The van der Waals surface area contributed by atoms with Crippen molar-refractivity contribution < 1.29 is 52.2 Å². The van der Waals surface area contributed by atoms with Crippen molar-refractivity contribution in [1.82, 2.24) is 0 Å². The second-order valence-corrected chi connectivity index (χ2v) is 23.3. The zero-order chi connectivity index (χ0) is 61.2. The SMILES string of the molecule is CC/C=C\C/C=C\C/C=C\C/C=C\CCCCCCCCC(=O)OCC(COP(=O)(O)OCC(CO)OC(=O)CCCCCCCCCCC/C=C\C/C=C\CCCCC)OC(=O)CCCCCCCC/C=C\C/C=C\C/C=C\C/C=C\CC. The average Bonchev–Trinajstić information content (AvgIpc) is 3.55. The van der Waals surface area contributed by atoms with Gasteiger partial charge in [-0.2, -0.15) is 0 Å². The smallest absolute Gasteiger partial charge is 0.462 e. The molecule has 0 aliphatic heterocycles. The van der Waals surface area contributed by atoms with Gasteiger partial charge in [0.2, 0.25) is 0 Å². The highest BCUT2D eigenvalue weighted by Crippen LogP contribution is 2.43. The standard InChI is InChI=1S/C72H121O11P/c1-4-7-10-13-16-19-22-25-28-31-34-37-40-43-46-49-52-55-58-61-70(74)79-65-69(83-72(76)63-60-57-54-51-48-45-42-39-36-33-30-27-24-21-18-15-12-9-6-3)67-81-84(77,78)80-66-68(64-73)82-71(75)62-59-56-53-50-47-44-41-38-35-32-29-26-23-20-17-14-11-8-5-2/h7,9-10,12,16-21,25-30,34,36-37,39,68-69,73H,4-6,8,11,13-15,22-24,31-33,35,38,40-67H2,1-3H3,(H,77,78)/b10-7-,12-9-,19-16-,20-17-,21-18-,28-25-,29-26-,30-27-,37-34-,39-36-. The second kappa shape index (κ2) is 64.9. The number of allylic oxidation sites excluding steroid dienone is 20. The molecule has 84 heavy (non-hydrogen) atoms. The quantitative estimate of drug-likeness (QED) is 0.0197. The lowest BCUT2D eigenvalue weighted by molar-refractivity contribution is -0.161. The Morgan fingerprint density at radius 2 is 0.619 bits per heavy atom. The van der Waals surface area contributed by atoms with Crippen molar-refractivity contribution in [2.45, 2.75) is 290 Å². The molecule has 3 atom stereocenters. The van der Waals surface area contributed by atoms with Gasteiger partial charge < -0.3 is 24.2 Å². The van der Waals surface area contributed by atoms with Crippen molar-refractivity contribution >= 4 is 25.7 Å². The van der Waals surface area contributed by atoms with Crippen molar-refractivity contribution in [3.63, 3.8) is 0 Å². The number of aliphatic hydroxyl groups excluding tert-OH is 1. The summed E-state index contributed by atoms with van der Waals surface area (Å²) in [6.07, 6.45) is 81.4. The van der Waals surface area contributed by atoms with Crippen LogP contribution in [-0.2, 0) is 42.2 Å². The van der Waals surface area contributed by atoms with Crippen LogP contribution in [0.15, 0.2) is 122 Å². The molecule has 0 rings (SSSR count). The number of phosphoric acid groups is 1. The van der Waals surface area contributed by atoms with Gasteiger partial charge in [0, 0.05) is 19.3 Å². The minimum Gasteiger partial charge on any atom is -0.462 e. The van der Waals surface area contributed by atoms with E-state index in [1.54, 1.807) is 0 Å². The first-order chi connectivity index (χ1) is 41.2. The van der Waals surface area contributed by atoms with E-state index >= 15 is 0 Å². The van der Waals surface area contributed by atoms with Gasteiger partial charge in [-0.3, -0.25) is 23.4 Å². The number of phosphoric ester groups is 1. The topological polar surface area (TPSA) is 155 Å². The average molecular weight is 1190 g/mol. The summed E-state index contributed by atoms with van der Waals surface area (Å²) in [4.78, 5) is 48.9. The van der Waals surface area contributed by atoms with E-state index in [-0.39, 0.29) is 25.9 Å². The molecule has 11 nitrogen and oxygen atoms in total. The van der Waals surface area contributed by atoms with Crippen LogP contribution in [0, 0.1) is 0 Å².